The maximum Gasteiger partial charge on any atom is 0.0949 e. The van der Waals surface area contributed by atoms with E-state index in [1.807, 2.05) is 17.7 Å². The molecule has 1 aromatic rings. The summed E-state index contributed by atoms with van der Waals surface area (Å²) in [7, 11) is 0. The zero-order valence-corrected chi connectivity index (χ0v) is 7.98. The van der Waals surface area contributed by atoms with Crippen LogP contribution in [0.2, 0.25) is 0 Å². The highest BCUT2D eigenvalue weighted by Crippen LogP contribution is 2.02. The molecule has 1 unspecified atom stereocenters. The van der Waals surface area contributed by atoms with Gasteiger partial charge in [0.15, 0.2) is 0 Å². The molecule has 0 saturated heterocycles. The van der Waals surface area contributed by atoms with Crippen LogP contribution < -0.4 is 5.73 Å². The van der Waals surface area contributed by atoms with Gasteiger partial charge >= 0.3 is 0 Å². The summed E-state index contributed by atoms with van der Waals surface area (Å²) in [6.45, 7) is 3.66. The molecule has 1 rings (SSSR count). The summed E-state index contributed by atoms with van der Waals surface area (Å²) in [6.07, 6.45) is 4.59. The van der Waals surface area contributed by atoms with Crippen molar-refractivity contribution in [1.82, 2.24) is 9.55 Å². The number of aliphatic hydroxyl groups excluding tert-OH is 1. The Morgan fingerprint density at radius 2 is 2.46 bits per heavy atom. The molecule has 0 amide bonds. The van der Waals surface area contributed by atoms with E-state index in [-0.39, 0.29) is 12.5 Å². The summed E-state index contributed by atoms with van der Waals surface area (Å²) >= 11 is 0. The Labute approximate surface area is 78.4 Å². The maximum atomic E-state index is 8.85. The van der Waals surface area contributed by atoms with E-state index in [0.717, 1.165) is 18.7 Å². The first kappa shape index (κ1) is 10.2. The standard InChI is InChI=1S/C9H17N3O/c1-8(6-13)4-12-5-9(2-3-10)11-7-12/h5,7-8,13H,2-4,6,10H2,1H3. The van der Waals surface area contributed by atoms with Gasteiger partial charge in [0, 0.05) is 25.8 Å². The Morgan fingerprint density at radius 1 is 1.69 bits per heavy atom. The first-order valence-electron chi connectivity index (χ1n) is 4.57. The average Bonchev–Trinajstić information content (AvgIpc) is 2.53. The molecule has 0 aliphatic rings. The van der Waals surface area contributed by atoms with Crippen LogP contribution in [0.5, 0.6) is 0 Å². The molecule has 0 fully saturated rings. The Bertz CT molecular complexity index is 247. The van der Waals surface area contributed by atoms with Crippen molar-refractivity contribution in [2.75, 3.05) is 13.2 Å². The number of aromatic nitrogens is 2. The molecule has 0 aliphatic heterocycles. The number of hydrogen-bond donors (Lipinski definition) is 2. The molecular weight excluding hydrogens is 166 g/mol. The predicted octanol–water partition coefficient (Wildman–Crippen LogP) is 0.0127. The van der Waals surface area contributed by atoms with E-state index in [4.69, 9.17) is 10.8 Å². The molecule has 1 aromatic heterocycles. The molecule has 13 heavy (non-hydrogen) atoms. The van der Waals surface area contributed by atoms with Crippen LogP contribution in [0.15, 0.2) is 12.5 Å². The van der Waals surface area contributed by atoms with E-state index in [0.29, 0.717) is 6.54 Å². The lowest BCUT2D eigenvalue weighted by atomic mass is 10.2. The number of nitrogens with zero attached hydrogens (tertiary/aromatic N) is 2. The highest BCUT2D eigenvalue weighted by Gasteiger charge is 2.02. The summed E-state index contributed by atoms with van der Waals surface area (Å²) in [5, 5.41) is 8.85. The van der Waals surface area contributed by atoms with Crippen LogP contribution in [0.4, 0.5) is 0 Å². The van der Waals surface area contributed by atoms with Crippen molar-refractivity contribution < 1.29 is 5.11 Å². The smallest absolute Gasteiger partial charge is 0.0949 e. The lowest BCUT2D eigenvalue weighted by Crippen LogP contribution is -2.09. The molecule has 0 radical (unpaired) electrons. The fourth-order valence-electron chi connectivity index (χ4n) is 1.20. The van der Waals surface area contributed by atoms with E-state index in [2.05, 4.69) is 4.98 Å². The van der Waals surface area contributed by atoms with Crippen molar-refractivity contribution in [2.24, 2.45) is 11.7 Å². The molecule has 1 heterocycles. The fraction of sp³-hybridized carbons (Fsp3) is 0.667. The van der Waals surface area contributed by atoms with Crippen molar-refractivity contribution >= 4 is 0 Å². The van der Waals surface area contributed by atoms with Crippen molar-refractivity contribution in [3.63, 3.8) is 0 Å². The van der Waals surface area contributed by atoms with Gasteiger partial charge in [0.1, 0.15) is 0 Å². The summed E-state index contributed by atoms with van der Waals surface area (Å²) in [5.41, 5.74) is 6.43. The quantitative estimate of drug-likeness (QED) is 0.676. The van der Waals surface area contributed by atoms with Crippen molar-refractivity contribution in [3.8, 4) is 0 Å². The third-order valence-electron chi connectivity index (χ3n) is 1.92. The third kappa shape index (κ3) is 3.16. The molecule has 74 valence electrons. The van der Waals surface area contributed by atoms with E-state index < -0.39 is 0 Å². The van der Waals surface area contributed by atoms with Crippen LogP contribution >= 0.6 is 0 Å². The topological polar surface area (TPSA) is 64.1 Å². The summed E-state index contributed by atoms with van der Waals surface area (Å²) in [6, 6.07) is 0. The largest absolute Gasteiger partial charge is 0.396 e. The lowest BCUT2D eigenvalue weighted by molar-refractivity contribution is 0.223. The molecule has 0 aromatic carbocycles. The van der Waals surface area contributed by atoms with Gasteiger partial charge in [-0.05, 0) is 12.5 Å². The molecule has 0 saturated carbocycles. The zero-order chi connectivity index (χ0) is 9.68. The fourth-order valence-corrected chi connectivity index (χ4v) is 1.20. The van der Waals surface area contributed by atoms with Crippen molar-refractivity contribution in [2.45, 2.75) is 19.9 Å². The molecule has 3 N–H and O–H groups in total. The summed E-state index contributed by atoms with van der Waals surface area (Å²) in [5.74, 6) is 0.278. The highest BCUT2D eigenvalue weighted by atomic mass is 16.3. The summed E-state index contributed by atoms with van der Waals surface area (Å²) in [4.78, 5) is 4.19. The molecule has 1 atom stereocenters. The molecule has 0 spiro atoms. The average molecular weight is 183 g/mol. The second kappa shape index (κ2) is 4.99. The Kier molecular flexibility index (Phi) is 3.92. The maximum absolute atomic E-state index is 8.85. The first-order valence-corrected chi connectivity index (χ1v) is 4.57. The van der Waals surface area contributed by atoms with Crippen LogP contribution in [0.1, 0.15) is 12.6 Å². The van der Waals surface area contributed by atoms with Crippen LogP contribution in [0, 0.1) is 5.92 Å². The van der Waals surface area contributed by atoms with Gasteiger partial charge < -0.3 is 15.4 Å². The monoisotopic (exact) mass is 183 g/mol. The zero-order valence-electron chi connectivity index (χ0n) is 7.98. The number of imidazole rings is 1. The van der Waals surface area contributed by atoms with Gasteiger partial charge in [0.2, 0.25) is 0 Å². The minimum absolute atomic E-state index is 0.213. The molecule has 4 heteroatoms. The second-order valence-electron chi connectivity index (χ2n) is 3.39. The molecule has 0 bridgehead atoms. The van der Waals surface area contributed by atoms with Crippen molar-refractivity contribution in [3.05, 3.63) is 18.2 Å². The first-order chi connectivity index (χ1) is 6.26. The highest BCUT2D eigenvalue weighted by molar-refractivity contribution is 4.97. The number of aliphatic hydroxyl groups is 1. The van der Waals surface area contributed by atoms with Crippen LogP contribution in [-0.4, -0.2) is 27.8 Å². The van der Waals surface area contributed by atoms with Crippen LogP contribution in [0.25, 0.3) is 0 Å². The van der Waals surface area contributed by atoms with Gasteiger partial charge in [-0.2, -0.15) is 0 Å². The molecular formula is C9H17N3O. The number of rotatable bonds is 5. The van der Waals surface area contributed by atoms with E-state index in [1.54, 1.807) is 6.33 Å². The van der Waals surface area contributed by atoms with E-state index in [9.17, 15) is 0 Å². The van der Waals surface area contributed by atoms with E-state index >= 15 is 0 Å². The van der Waals surface area contributed by atoms with Gasteiger partial charge in [0.05, 0.1) is 12.0 Å². The van der Waals surface area contributed by atoms with Gasteiger partial charge in [-0.15, -0.1) is 0 Å². The number of hydrogen-bond acceptors (Lipinski definition) is 3. The summed E-state index contributed by atoms with van der Waals surface area (Å²) < 4.78 is 1.99. The van der Waals surface area contributed by atoms with Gasteiger partial charge in [-0.1, -0.05) is 6.92 Å². The van der Waals surface area contributed by atoms with Crippen LogP contribution in [-0.2, 0) is 13.0 Å². The van der Waals surface area contributed by atoms with Crippen LogP contribution in [0.3, 0.4) is 0 Å². The Balaban J connectivity index is 2.48. The Hall–Kier alpha value is -0.870. The molecule has 0 aliphatic carbocycles. The normalized spacial score (nSPS) is 13.2. The molecule has 4 nitrogen and oxygen atoms in total. The minimum Gasteiger partial charge on any atom is -0.396 e. The van der Waals surface area contributed by atoms with Crippen molar-refractivity contribution in [1.29, 1.82) is 0 Å². The van der Waals surface area contributed by atoms with Gasteiger partial charge in [0.25, 0.3) is 0 Å². The van der Waals surface area contributed by atoms with Gasteiger partial charge in [-0.3, -0.25) is 0 Å². The second-order valence-corrected chi connectivity index (χ2v) is 3.39. The number of nitrogens with two attached hydrogens (primary N) is 1. The van der Waals surface area contributed by atoms with Gasteiger partial charge in [-0.25, -0.2) is 4.98 Å². The minimum atomic E-state index is 0.213. The van der Waals surface area contributed by atoms with E-state index in [1.165, 1.54) is 0 Å². The lowest BCUT2D eigenvalue weighted by Gasteiger charge is -2.07. The predicted molar refractivity (Wildman–Crippen MR) is 51.2 cm³/mol. The third-order valence-corrected chi connectivity index (χ3v) is 1.92. The Morgan fingerprint density at radius 3 is 3.08 bits per heavy atom. The SMILES string of the molecule is CC(CO)Cn1cnc(CCN)c1.